The maximum Gasteiger partial charge on any atom is 0.234 e. The molecule has 0 fully saturated rings. The fourth-order valence-corrected chi connectivity index (χ4v) is 5.12. The molecule has 4 aromatic rings. The molecule has 0 saturated heterocycles. The van der Waals surface area contributed by atoms with Gasteiger partial charge in [-0.1, -0.05) is 58.8 Å². The number of anilines is 4. The van der Waals surface area contributed by atoms with E-state index in [0.29, 0.717) is 10.9 Å². The third-order valence-corrected chi connectivity index (χ3v) is 7.21. The number of thioether (sulfide) groups is 1. The number of para-hydroxylation sites is 1. The van der Waals surface area contributed by atoms with Crippen molar-refractivity contribution in [2.45, 2.75) is 4.90 Å². The molecule has 0 bridgehead atoms. The number of carbonyl (C=O) groups is 2. The second kappa shape index (κ2) is 10.9. The van der Waals surface area contributed by atoms with Crippen LogP contribution in [0.3, 0.4) is 0 Å². The van der Waals surface area contributed by atoms with Crippen LogP contribution in [0.2, 0.25) is 10.0 Å². The molecule has 0 spiro atoms. The van der Waals surface area contributed by atoms with Crippen LogP contribution in [0.1, 0.15) is 15.2 Å². The smallest absolute Gasteiger partial charge is 0.234 e. The van der Waals surface area contributed by atoms with Crippen LogP contribution in [0, 0.1) is 0 Å². The van der Waals surface area contributed by atoms with E-state index in [1.165, 1.54) is 11.8 Å². The molecule has 0 radical (unpaired) electrons. The Balaban J connectivity index is 1.37. The van der Waals surface area contributed by atoms with Gasteiger partial charge in [0.05, 0.1) is 21.4 Å². The number of ketones is 1. The van der Waals surface area contributed by atoms with E-state index >= 15 is 0 Å². The van der Waals surface area contributed by atoms with Crippen molar-refractivity contribution in [1.29, 1.82) is 0 Å². The largest absolute Gasteiger partial charge is 0.382 e. The summed E-state index contributed by atoms with van der Waals surface area (Å²) in [6.45, 7) is 0. The van der Waals surface area contributed by atoms with Gasteiger partial charge in [0.2, 0.25) is 11.7 Å². The molecular formula is C24H18Cl2N4O2S2. The van der Waals surface area contributed by atoms with Crippen LogP contribution in [-0.4, -0.2) is 22.4 Å². The summed E-state index contributed by atoms with van der Waals surface area (Å²) in [6, 6.07) is 21.7. The van der Waals surface area contributed by atoms with Gasteiger partial charge in [0, 0.05) is 16.3 Å². The number of nitrogens with one attached hydrogen (secondary N) is 2. The minimum absolute atomic E-state index is 0.0764. The van der Waals surface area contributed by atoms with Crippen LogP contribution in [0.25, 0.3) is 0 Å². The third kappa shape index (κ3) is 5.90. The number of hydrogen-bond acceptors (Lipinski definition) is 7. The average molecular weight is 529 g/mol. The predicted octanol–water partition coefficient (Wildman–Crippen LogP) is 6.74. The van der Waals surface area contributed by atoms with Gasteiger partial charge in [-0.05, 0) is 48.5 Å². The number of nitrogens with zero attached hydrogens (tertiary/aromatic N) is 1. The molecule has 0 saturated carbocycles. The van der Waals surface area contributed by atoms with Crippen LogP contribution in [0.5, 0.6) is 0 Å². The number of halogens is 2. The molecular weight excluding hydrogens is 511 g/mol. The van der Waals surface area contributed by atoms with Gasteiger partial charge in [0.25, 0.3) is 0 Å². The monoisotopic (exact) mass is 528 g/mol. The second-order valence-electron chi connectivity index (χ2n) is 7.01. The van der Waals surface area contributed by atoms with Gasteiger partial charge in [-0.25, -0.2) is 4.98 Å². The predicted molar refractivity (Wildman–Crippen MR) is 142 cm³/mol. The zero-order chi connectivity index (χ0) is 24.1. The van der Waals surface area contributed by atoms with Gasteiger partial charge in [-0.15, -0.1) is 11.8 Å². The Morgan fingerprint density at radius 2 is 1.59 bits per heavy atom. The average Bonchev–Trinajstić information content (AvgIpc) is 3.19. The highest BCUT2D eigenvalue weighted by Gasteiger charge is 2.22. The van der Waals surface area contributed by atoms with Crippen LogP contribution < -0.4 is 16.4 Å². The zero-order valence-electron chi connectivity index (χ0n) is 17.5. The Hall–Kier alpha value is -3.04. The molecule has 0 aliphatic rings. The molecule has 172 valence electrons. The molecule has 1 aromatic heterocycles. The number of thiazole rings is 1. The van der Waals surface area contributed by atoms with E-state index in [0.717, 1.165) is 27.6 Å². The molecule has 4 N–H and O–H groups in total. The van der Waals surface area contributed by atoms with Gasteiger partial charge in [0.1, 0.15) is 10.7 Å². The molecule has 0 aliphatic carbocycles. The molecule has 0 aliphatic heterocycles. The van der Waals surface area contributed by atoms with E-state index in [9.17, 15) is 9.59 Å². The summed E-state index contributed by atoms with van der Waals surface area (Å²) in [5.41, 5.74) is 7.73. The number of amides is 1. The topological polar surface area (TPSA) is 97.1 Å². The lowest BCUT2D eigenvalue weighted by atomic mass is 10.1. The van der Waals surface area contributed by atoms with Crippen LogP contribution in [-0.2, 0) is 4.79 Å². The number of nitrogens with two attached hydrogens (primary N) is 1. The number of rotatable bonds is 8. The highest BCUT2D eigenvalue weighted by Crippen LogP contribution is 2.34. The summed E-state index contributed by atoms with van der Waals surface area (Å²) in [4.78, 5) is 30.5. The molecule has 0 unspecified atom stereocenters. The number of aromatic nitrogens is 1. The van der Waals surface area contributed by atoms with Crippen molar-refractivity contribution in [3.05, 3.63) is 93.3 Å². The van der Waals surface area contributed by atoms with Crippen molar-refractivity contribution in [3.63, 3.8) is 0 Å². The molecule has 1 heterocycles. The van der Waals surface area contributed by atoms with Crippen molar-refractivity contribution in [2.24, 2.45) is 0 Å². The number of carbonyl (C=O) groups excluding carboxylic acids is 2. The Bertz CT molecular complexity index is 1310. The molecule has 6 nitrogen and oxygen atoms in total. The SMILES string of the molecule is Nc1nc(Nc2ccc(SCC(=O)Nc3ccccc3)cc2)sc1C(=O)c1c(Cl)cccc1Cl. The van der Waals surface area contributed by atoms with Crippen molar-refractivity contribution >= 4 is 80.3 Å². The van der Waals surface area contributed by atoms with E-state index in [2.05, 4.69) is 15.6 Å². The Kier molecular flexibility index (Phi) is 7.74. The fourth-order valence-electron chi connectivity index (χ4n) is 3.00. The molecule has 1 amide bonds. The lowest BCUT2D eigenvalue weighted by Crippen LogP contribution is -2.13. The molecule has 3 aromatic carbocycles. The normalized spacial score (nSPS) is 10.6. The van der Waals surface area contributed by atoms with Crippen molar-refractivity contribution in [2.75, 3.05) is 22.1 Å². The highest BCUT2D eigenvalue weighted by molar-refractivity contribution is 8.00. The number of nitrogen functional groups attached to an aromatic ring is 1. The summed E-state index contributed by atoms with van der Waals surface area (Å²) in [5, 5.41) is 6.98. The van der Waals surface area contributed by atoms with Gasteiger partial charge in [-0.2, -0.15) is 0 Å². The summed E-state index contributed by atoms with van der Waals surface area (Å²) in [6.07, 6.45) is 0. The highest BCUT2D eigenvalue weighted by atomic mass is 35.5. The summed E-state index contributed by atoms with van der Waals surface area (Å²) in [5.74, 6) is -0.0578. The first kappa shape index (κ1) is 24.1. The van der Waals surface area contributed by atoms with E-state index in [1.54, 1.807) is 18.2 Å². The standard InChI is InChI=1S/C24H18Cl2N4O2S2/c25-17-7-4-8-18(26)20(17)21(32)22-23(27)30-24(34-22)29-15-9-11-16(12-10-15)33-13-19(31)28-14-5-2-1-3-6-14/h1-12H,13,27H2,(H,28,31)(H,29,30). The van der Waals surface area contributed by atoms with Gasteiger partial charge < -0.3 is 16.4 Å². The second-order valence-corrected chi connectivity index (χ2v) is 9.87. The van der Waals surface area contributed by atoms with Crippen LogP contribution >= 0.6 is 46.3 Å². The van der Waals surface area contributed by atoms with E-state index < -0.39 is 0 Å². The van der Waals surface area contributed by atoms with Crippen LogP contribution in [0.4, 0.5) is 22.3 Å². The summed E-state index contributed by atoms with van der Waals surface area (Å²) < 4.78 is 0. The maximum absolute atomic E-state index is 12.9. The first-order chi connectivity index (χ1) is 16.4. The third-order valence-electron chi connectivity index (χ3n) is 4.58. The lowest BCUT2D eigenvalue weighted by molar-refractivity contribution is -0.113. The van der Waals surface area contributed by atoms with Gasteiger partial charge in [-0.3, -0.25) is 9.59 Å². The molecule has 4 rings (SSSR count). The van der Waals surface area contributed by atoms with E-state index in [-0.39, 0.29) is 38.0 Å². The molecule has 10 heteroatoms. The Morgan fingerprint density at radius 1 is 0.912 bits per heavy atom. The van der Waals surface area contributed by atoms with Gasteiger partial charge in [0.15, 0.2) is 5.13 Å². The minimum atomic E-state index is -0.376. The van der Waals surface area contributed by atoms with E-state index in [4.69, 9.17) is 28.9 Å². The first-order valence-corrected chi connectivity index (χ1v) is 12.6. The van der Waals surface area contributed by atoms with Crippen molar-refractivity contribution in [1.82, 2.24) is 4.98 Å². The first-order valence-electron chi connectivity index (χ1n) is 10.0. The number of hydrogen-bond donors (Lipinski definition) is 3. The molecule has 34 heavy (non-hydrogen) atoms. The lowest BCUT2D eigenvalue weighted by Gasteiger charge is -2.06. The van der Waals surface area contributed by atoms with Gasteiger partial charge >= 0.3 is 0 Å². The number of benzene rings is 3. The maximum atomic E-state index is 12.9. The summed E-state index contributed by atoms with van der Waals surface area (Å²) >= 11 is 14.9. The minimum Gasteiger partial charge on any atom is -0.382 e. The fraction of sp³-hybridized carbons (Fsp3) is 0.0417. The van der Waals surface area contributed by atoms with E-state index in [1.807, 2.05) is 54.6 Å². The Labute approximate surface area is 214 Å². The van der Waals surface area contributed by atoms with Crippen LogP contribution in [0.15, 0.2) is 77.7 Å². The quantitative estimate of drug-likeness (QED) is 0.173. The Morgan fingerprint density at radius 3 is 2.26 bits per heavy atom. The molecule has 0 atom stereocenters. The zero-order valence-corrected chi connectivity index (χ0v) is 20.7. The van der Waals surface area contributed by atoms with Crippen molar-refractivity contribution in [3.8, 4) is 0 Å². The summed E-state index contributed by atoms with van der Waals surface area (Å²) in [7, 11) is 0. The van der Waals surface area contributed by atoms with Crippen molar-refractivity contribution < 1.29 is 9.59 Å².